The van der Waals surface area contributed by atoms with Crippen molar-refractivity contribution in [1.82, 2.24) is 5.48 Å². The number of rotatable bonds is 3. The van der Waals surface area contributed by atoms with Crippen LogP contribution in [0.25, 0.3) is 0 Å². The third kappa shape index (κ3) is 2.57. The Kier molecular flexibility index (Phi) is 3.99. The maximum Gasteiger partial charge on any atom is 0.142 e. The number of hydroxylamine groups is 1. The minimum Gasteiger partial charge on any atom is -0.495 e. The summed E-state index contributed by atoms with van der Waals surface area (Å²) in [5.41, 5.74) is 2.85. The first-order valence-corrected chi connectivity index (χ1v) is 4.75. The van der Waals surface area contributed by atoms with E-state index in [0.29, 0.717) is 17.3 Å². The molecule has 0 aliphatic carbocycles. The van der Waals surface area contributed by atoms with Crippen molar-refractivity contribution in [3.05, 3.63) is 27.2 Å². The van der Waals surface area contributed by atoms with Crippen LogP contribution in [0, 0.1) is 0 Å². The minimum absolute atomic E-state index is 0.294. The second-order valence-corrected chi connectivity index (χ2v) is 3.74. The Hall–Kier alpha value is -0.290. The van der Waals surface area contributed by atoms with Crippen LogP contribution in [0.5, 0.6) is 5.75 Å². The first kappa shape index (κ1) is 10.8. The summed E-state index contributed by atoms with van der Waals surface area (Å²) < 4.78 is 5.93. The van der Waals surface area contributed by atoms with Gasteiger partial charge in [0.1, 0.15) is 5.75 Å². The average Bonchev–Trinajstić information content (AvgIpc) is 2.04. The van der Waals surface area contributed by atoms with E-state index in [0.717, 1.165) is 10.0 Å². The normalized spacial score (nSPS) is 10.2. The van der Waals surface area contributed by atoms with Gasteiger partial charge in [0, 0.05) is 16.6 Å². The van der Waals surface area contributed by atoms with Crippen LogP contribution in [-0.4, -0.2) is 12.3 Å². The van der Waals surface area contributed by atoms with E-state index in [1.165, 1.54) is 7.11 Å². The average molecular weight is 267 g/mol. The minimum atomic E-state index is 0.294. The Morgan fingerprint density at radius 1 is 1.62 bits per heavy atom. The van der Waals surface area contributed by atoms with Gasteiger partial charge < -0.3 is 9.94 Å². The summed E-state index contributed by atoms with van der Waals surface area (Å²) in [5, 5.41) is 9.07. The molecule has 0 saturated carbocycles. The van der Waals surface area contributed by atoms with Gasteiger partial charge in [0.05, 0.1) is 12.1 Å². The monoisotopic (exact) mass is 265 g/mol. The van der Waals surface area contributed by atoms with Gasteiger partial charge in [0.15, 0.2) is 0 Å². The van der Waals surface area contributed by atoms with Gasteiger partial charge in [0.25, 0.3) is 0 Å². The van der Waals surface area contributed by atoms with Crippen molar-refractivity contribution in [2.24, 2.45) is 0 Å². The van der Waals surface area contributed by atoms with E-state index < -0.39 is 0 Å². The van der Waals surface area contributed by atoms with E-state index in [1.807, 2.05) is 6.07 Å². The molecule has 0 aliphatic heterocycles. The molecule has 0 amide bonds. The lowest BCUT2D eigenvalue weighted by molar-refractivity contribution is 0.160. The first-order valence-electron chi connectivity index (χ1n) is 3.58. The van der Waals surface area contributed by atoms with Crippen molar-refractivity contribution in [2.75, 3.05) is 7.11 Å². The molecule has 0 radical (unpaired) electrons. The fourth-order valence-electron chi connectivity index (χ4n) is 1.06. The van der Waals surface area contributed by atoms with Crippen LogP contribution in [0.15, 0.2) is 16.6 Å². The fraction of sp³-hybridized carbons (Fsp3) is 0.250. The molecule has 0 bridgehead atoms. The second kappa shape index (κ2) is 4.81. The molecule has 0 fully saturated rings. The van der Waals surface area contributed by atoms with Crippen molar-refractivity contribution >= 4 is 27.5 Å². The SMILES string of the molecule is COc1c(Cl)cc(Br)cc1CNO. The summed E-state index contributed by atoms with van der Waals surface area (Å²) >= 11 is 9.20. The van der Waals surface area contributed by atoms with Crippen molar-refractivity contribution in [1.29, 1.82) is 0 Å². The summed E-state index contributed by atoms with van der Waals surface area (Å²) in [4.78, 5) is 0. The molecule has 1 aromatic rings. The number of ether oxygens (including phenoxy) is 1. The summed E-state index contributed by atoms with van der Waals surface area (Å²) in [6, 6.07) is 3.56. The predicted molar refractivity (Wildman–Crippen MR) is 54.3 cm³/mol. The molecule has 1 rings (SSSR count). The molecule has 5 heteroatoms. The molecule has 0 saturated heterocycles. The third-order valence-corrected chi connectivity index (χ3v) is 2.30. The van der Waals surface area contributed by atoms with E-state index in [-0.39, 0.29) is 0 Å². The first-order chi connectivity index (χ1) is 6.19. The molecular weight excluding hydrogens is 257 g/mol. The number of hydrogen-bond donors (Lipinski definition) is 2. The van der Waals surface area contributed by atoms with Gasteiger partial charge in [-0.25, -0.2) is 5.48 Å². The maximum atomic E-state index is 8.56. The molecule has 0 spiro atoms. The van der Waals surface area contributed by atoms with Crippen LogP contribution < -0.4 is 10.2 Å². The van der Waals surface area contributed by atoms with E-state index in [1.54, 1.807) is 6.07 Å². The van der Waals surface area contributed by atoms with Crippen molar-refractivity contribution in [2.45, 2.75) is 6.54 Å². The highest BCUT2D eigenvalue weighted by atomic mass is 79.9. The van der Waals surface area contributed by atoms with Crippen LogP contribution in [0.1, 0.15) is 5.56 Å². The lowest BCUT2D eigenvalue weighted by Crippen LogP contribution is -2.07. The molecule has 13 heavy (non-hydrogen) atoms. The molecule has 0 heterocycles. The topological polar surface area (TPSA) is 41.5 Å². The van der Waals surface area contributed by atoms with E-state index in [9.17, 15) is 0 Å². The summed E-state index contributed by atoms with van der Waals surface area (Å²) in [6.45, 7) is 0.294. The van der Waals surface area contributed by atoms with E-state index in [2.05, 4.69) is 21.4 Å². The fourth-order valence-corrected chi connectivity index (χ4v) is 2.01. The van der Waals surface area contributed by atoms with Gasteiger partial charge in [-0.05, 0) is 12.1 Å². The Morgan fingerprint density at radius 3 is 2.85 bits per heavy atom. The zero-order valence-electron chi connectivity index (χ0n) is 6.97. The molecule has 0 aromatic heterocycles. The largest absolute Gasteiger partial charge is 0.495 e. The number of methoxy groups -OCH3 is 1. The number of nitrogens with one attached hydrogen (secondary N) is 1. The maximum absolute atomic E-state index is 8.56. The molecule has 0 aliphatic rings. The van der Waals surface area contributed by atoms with Gasteiger partial charge in [-0.15, -0.1) is 0 Å². The van der Waals surface area contributed by atoms with Crippen LogP contribution in [0.2, 0.25) is 5.02 Å². The number of halogens is 2. The van der Waals surface area contributed by atoms with Gasteiger partial charge in [-0.3, -0.25) is 0 Å². The molecule has 72 valence electrons. The van der Waals surface area contributed by atoms with E-state index >= 15 is 0 Å². The standard InChI is InChI=1S/C8H9BrClNO2/c1-13-8-5(4-11-12)2-6(9)3-7(8)10/h2-3,11-12H,4H2,1H3. The summed E-state index contributed by atoms with van der Waals surface area (Å²) in [7, 11) is 1.54. The van der Waals surface area contributed by atoms with Gasteiger partial charge >= 0.3 is 0 Å². The highest BCUT2D eigenvalue weighted by Gasteiger charge is 2.08. The summed E-state index contributed by atoms with van der Waals surface area (Å²) in [6.07, 6.45) is 0. The number of hydrogen-bond acceptors (Lipinski definition) is 3. The van der Waals surface area contributed by atoms with Crippen LogP contribution >= 0.6 is 27.5 Å². The molecule has 0 atom stereocenters. The van der Waals surface area contributed by atoms with Crippen molar-refractivity contribution in [3.63, 3.8) is 0 Å². The Labute approximate surface area is 89.7 Å². The Bertz CT molecular complexity index is 306. The third-order valence-electron chi connectivity index (χ3n) is 1.56. The molecule has 0 unspecified atom stereocenters. The Balaban J connectivity index is 3.13. The predicted octanol–water partition coefficient (Wildman–Crippen LogP) is 2.59. The van der Waals surface area contributed by atoms with Crippen LogP contribution in [-0.2, 0) is 6.54 Å². The van der Waals surface area contributed by atoms with Gasteiger partial charge in [0.2, 0.25) is 0 Å². The zero-order valence-corrected chi connectivity index (χ0v) is 9.32. The van der Waals surface area contributed by atoms with Gasteiger partial charge in [-0.2, -0.15) is 0 Å². The van der Waals surface area contributed by atoms with Gasteiger partial charge in [-0.1, -0.05) is 27.5 Å². The zero-order chi connectivity index (χ0) is 9.84. The van der Waals surface area contributed by atoms with E-state index in [4.69, 9.17) is 21.5 Å². The lowest BCUT2D eigenvalue weighted by atomic mass is 10.2. The van der Waals surface area contributed by atoms with Crippen LogP contribution in [0.3, 0.4) is 0 Å². The molecule has 2 N–H and O–H groups in total. The Morgan fingerprint density at radius 2 is 2.31 bits per heavy atom. The molecular formula is C8H9BrClNO2. The summed E-state index contributed by atoms with van der Waals surface area (Å²) in [5.74, 6) is 0.575. The molecule has 1 aromatic carbocycles. The van der Waals surface area contributed by atoms with Crippen LogP contribution in [0.4, 0.5) is 0 Å². The highest BCUT2D eigenvalue weighted by Crippen LogP contribution is 2.32. The lowest BCUT2D eigenvalue weighted by Gasteiger charge is -2.09. The van der Waals surface area contributed by atoms with Crippen molar-refractivity contribution < 1.29 is 9.94 Å². The highest BCUT2D eigenvalue weighted by molar-refractivity contribution is 9.10. The molecule has 3 nitrogen and oxygen atoms in total. The smallest absolute Gasteiger partial charge is 0.142 e. The second-order valence-electron chi connectivity index (χ2n) is 2.41. The van der Waals surface area contributed by atoms with Crippen molar-refractivity contribution in [3.8, 4) is 5.75 Å². The number of benzene rings is 1. The quantitative estimate of drug-likeness (QED) is 0.826.